The fourth-order valence-electron chi connectivity index (χ4n) is 3.11. The first-order valence-corrected chi connectivity index (χ1v) is 8.66. The van der Waals surface area contributed by atoms with Crippen LogP contribution >= 0.6 is 0 Å². The first-order valence-electron chi connectivity index (χ1n) is 8.66. The molecular formula is C18H28FN3O2. The van der Waals surface area contributed by atoms with Crippen LogP contribution in [-0.2, 0) is 0 Å². The first-order chi connectivity index (χ1) is 11.5. The second-order valence-corrected chi connectivity index (χ2v) is 6.69. The summed E-state index contributed by atoms with van der Waals surface area (Å²) in [6, 6.07) is 4.75. The van der Waals surface area contributed by atoms with Crippen molar-refractivity contribution >= 4 is 11.7 Å². The highest BCUT2D eigenvalue weighted by molar-refractivity contribution is 5.74. The van der Waals surface area contributed by atoms with Crippen molar-refractivity contribution in [2.24, 2.45) is 5.92 Å². The van der Waals surface area contributed by atoms with Crippen LogP contribution in [0, 0.1) is 18.7 Å². The maximum atomic E-state index is 13.3. The highest BCUT2D eigenvalue weighted by Gasteiger charge is 2.22. The topological polar surface area (TPSA) is 64.6 Å². The second kappa shape index (κ2) is 8.87. The van der Waals surface area contributed by atoms with Crippen LogP contribution < -0.4 is 15.5 Å². The summed E-state index contributed by atoms with van der Waals surface area (Å²) < 4.78 is 13.3. The first kappa shape index (κ1) is 18.5. The minimum Gasteiger partial charge on any atom is -0.396 e. The van der Waals surface area contributed by atoms with Gasteiger partial charge in [0.05, 0.1) is 0 Å². The molecule has 3 N–H and O–H groups in total. The molecule has 1 aliphatic heterocycles. The number of carbonyl (C=O) groups is 1. The van der Waals surface area contributed by atoms with E-state index >= 15 is 0 Å². The Bertz CT molecular complexity index is 553. The van der Waals surface area contributed by atoms with E-state index < -0.39 is 0 Å². The van der Waals surface area contributed by atoms with Crippen molar-refractivity contribution in [1.82, 2.24) is 10.6 Å². The Hall–Kier alpha value is -1.82. The third-order valence-corrected chi connectivity index (χ3v) is 4.49. The van der Waals surface area contributed by atoms with Crippen LogP contribution in [0.15, 0.2) is 18.2 Å². The lowest BCUT2D eigenvalue weighted by molar-refractivity contribution is 0.229. The molecule has 0 spiro atoms. The normalized spacial score (nSPS) is 19.0. The number of aliphatic hydroxyl groups excluding tert-OH is 1. The van der Waals surface area contributed by atoms with Crippen molar-refractivity contribution in [2.75, 3.05) is 31.1 Å². The summed E-state index contributed by atoms with van der Waals surface area (Å²) in [5.74, 6) is 0.0322. The van der Waals surface area contributed by atoms with Crippen LogP contribution in [0.2, 0.25) is 0 Å². The highest BCUT2D eigenvalue weighted by Crippen LogP contribution is 2.24. The van der Waals surface area contributed by atoms with Gasteiger partial charge in [-0.1, -0.05) is 6.92 Å². The summed E-state index contributed by atoms with van der Waals surface area (Å²) in [4.78, 5) is 14.2. The summed E-state index contributed by atoms with van der Waals surface area (Å²) in [6.45, 7) is 6.24. The highest BCUT2D eigenvalue weighted by atomic mass is 19.1. The van der Waals surface area contributed by atoms with Crippen LogP contribution in [0.25, 0.3) is 0 Å². The predicted molar refractivity (Wildman–Crippen MR) is 93.8 cm³/mol. The van der Waals surface area contributed by atoms with Gasteiger partial charge < -0.3 is 20.6 Å². The molecule has 1 aromatic rings. The Balaban J connectivity index is 1.85. The average Bonchev–Trinajstić information content (AvgIpc) is 2.53. The summed E-state index contributed by atoms with van der Waals surface area (Å²) >= 11 is 0. The van der Waals surface area contributed by atoms with E-state index in [2.05, 4.69) is 15.5 Å². The zero-order valence-electron chi connectivity index (χ0n) is 14.5. The molecule has 134 valence electrons. The van der Waals surface area contributed by atoms with E-state index in [4.69, 9.17) is 5.11 Å². The van der Waals surface area contributed by atoms with E-state index in [1.54, 1.807) is 6.07 Å². The van der Waals surface area contributed by atoms with E-state index in [0.717, 1.165) is 37.2 Å². The number of piperidine rings is 1. The number of anilines is 1. The molecule has 2 amide bonds. The molecular weight excluding hydrogens is 309 g/mol. The maximum absolute atomic E-state index is 13.3. The lowest BCUT2D eigenvalue weighted by atomic mass is 10.0. The Morgan fingerprint density at radius 3 is 3.00 bits per heavy atom. The van der Waals surface area contributed by atoms with E-state index in [-0.39, 0.29) is 30.4 Å². The van der Waals surface area contributed by atoms with Crippen molar-refractivity contribution in [1.29, 1.82) is 0 Å². The molecule has 1 aromatic carbocycles. The number of nitrogens with one attached hydrogen (secondary N) is 2. The van der Waals surface area contributed by atoms with Gasteiger partial charge in [-0.05, 0) is 55.9 Å². The van der Waals surface area contributed by atoms with E-state index in [1.165, 1.54) is 6.07 Å². The number of amides is 2. The quantitative estimate of drug-likeness (QED) is 0.747. The second-order valence-electron chi connectivity index (χ2n) is 6.69. The molecule has 1 heterocycles. The predicted octanol–water partition coefficient (Wildman–Crippen LogP) is 2.42. The molecule has 0 saturated carbocycles. The summed E-state index contributed by atoms with van der Waals surface area (Å²) in [5.41, 5.74) is 1.94. The molecule has 2 unspecified atom stereocenters. The lowest BCUT2D eigenvalue weighted by Crippen LogP contribution is -2.51. The number of nitrogens with zero attached hydrogens (tertiary/aromatic N) is 1. The number of rotatable bonds is 6. The Kier molecular flexibility index (Phi) is 6.85. The van der Waals surface area contributed by atoms with Gasteiger partial charge in [0, 0.05) is 38.0 Å². The van der Waals surface area contributed by atoms with Gasteiger partial charge in [-0.2, -0.15) is 0 Å². The van der Waals surface area contributed by atoms with E-state index in [9.17, 15) is 9.18 Å². The van der Waals surface area contributed by atoms with Crippen LogP contribution in [0.5, 0.6) is 0 Å². The fourth-order valence-corrected chi connectivity index (χ4v) is 3.11. The zero-order chi connectivity index (χ0) is 17.5. The van der Waals surface area contributed by atoms with Crippen molar-refractivity contribution in [3.8, 4) is 0 Å². The number of benzene rings is 1. The molecule has 24 heavy (non-hydrogen) atoms. The number of hydrogen-bond acceptors (Lipinski definition) is 3. The van der Waals surface area contributed by atoms with Crippen molar-refractivity contribution in [3.63, 3.8) is 0 Å². The zero-order valence-corrected chi connectivity index (χ0v) is 14.5. The summed E-state index contributed by atoms with van der Waals surface area (Å²) in [7, 11) is 0. The van der Waals surface area contributed by atoms with Gasteiger partial charge in [-0.25, -0.2) is 9.18 Å². The van der Waals surface area contributed by atoms with Gasteiger partial charge in [-0.15, -0.1) is 0 Å². The third kappa shape index (κ3) is 5.37. The number of aryl methyl sites for hydroxylation is 1. The van der Waals surface area contributed by atoms with Gasteiger partial charge in [-0.3, -0.25) is 0 Å². The maximum Gasteiger partial charge on any atom is 0.315 e. The molecule has 0 aliphatic carbocycles. The largest absolute Gasteiger partial charge is 0.396 e. The number of urea groups is 1. The molecule has 5 nitrogen and oxygen atoms in total. The smallest absolute Gasteiger partial charge is 0.315 e. The van der Waals surface area contributed by atoms with Crippen molar-refractivity contribution < 1.29 is 14.3 Å². The standard InChI is InChI=1S/C18H28FN3O2/c1-13(7-9-23)11-20-18(24)21-16-4-3-8-22(12-16)17-6-5-15(19)10-14(17)2/h5-6,10,13,16,23H,3-4,7-9,11-12H2,1-2H3,(H2,20,21,24). The lowest BCUT2D eigenvalue weighted by Gasteiger charge is -2.35. The van der Waals surface area contributed by atoms with Gasteiger partial charge in [0.1, 0.15) is 5.82 Å². The van der Waals surface area contributed by atoms with Crippen molar-refractivity contribution in [3.05, 3.63) is 29.6 Å². The van der Waals surface area contributed by atoms with Crippen LogP contribution in [0.4, 0.5) is 14.9 Å². The van der Waals surface area contributed by atoms with Crippen molar-refractivity contribution in [2.45, 2.75) is 39.2 Å². The molecule has 0 bridgehead atoms. The average molecular weight is 337 g/mol. The monoisotopic (exact) mass is 337 g/mol. The van der Waals surface area contributed by atoms with Gasteiger partial charge in [0.15, 0.2) is 0 Å². The Labute approximate surface area is 143 Å². The number of hydrogen-bond donors (Lipinski definition) is 3. The number of aliphatic hydroxyl groups is 1. The molecule has 1 saturated heterocycles. The van der Waals surface area contributed by atoms with Crippen LogP contribution in [0.3, 0.4) is 0 Å². The van der Waals surface area contributed by atoms with E-state index in [0.29, 0.717) is 13.0 Å². The molecule has 2 rings (SSSR count). The van der Waals surface area contributed by atoms with Crippen LogP contribution in [0.1, 0.15) is 31.7 Å². The molecule has 1 aliphatic rings. The SMILES string of the molecule is Cc1cc(F)ccc1N1CCCC(NC(=O)NCC(C)CCO)C1. The molecule has 2 atom stereocenters. The summed E-state index contributed by atoms with van der Waals surface area (Å²) in [6.07, 6.45) is 2.61. The number of carbonyl (C=O) groups excluding carboxylic acids is 1. The van der Waals surface area contributed by atoms with E-state index in [1.807, 2.05) is 19.9 Å². The Morgan fingerprint density at radius 2 is 2.29 bits per heavy atom. The molecule has 6 heteroatoms. The number of halogens is 1. The van der Waals surface area contributed by atoms with Crippen LogP contribution in [-0.4, -0.2) is 43.4 Å². The molecule has 0 aromatic heterocycles. The minimum atomic E-state index is -0.223. The molecule has 0 radical (unpaired) electrons. The molecule has 1 fully saturated rings. The third-order valence-electron chi connectivity index (χ3n) is 4.49. The Morgan fingerprint density at radius 1 is 1.50 bits per heavy atom. The van der Waals surface area contributed by atoms with Gasteiger partial charge >= 0.3 is 6.03 Å². The van der Waals surface area contributed by atoms with Gasteiger partial charge in [0.25, 0.3) is 0 Å². The van der Waals surface area contributed by atoms with Gasteiger partial charge in [0.2, 0.25) is 0 Å². The minimum absolute atomic E-state index is 0.0800. The summed E-state index contributed by atoms with van der Waals surface area (Å²) in [5, 5.41) is 14.8. The fraction of sp³-hybridized carbons (Fsp3) is 0.611.